The van der Waals surface area contributed by atoms with Crippen molar-refractivity contribution in [2.24, 2.45) is 5.92 Å². The summed E-state index contributed by atoms with van der Waals surface area (Å²) in [7, 11) is 0. The van der Waals surface area contributed by atoms with Gasteiger partial charge in [-0.05, 0) is 56.6 Å². The summed E-state index contributed by atoms with van der Waals surface area (Å²) in [4.78, 5) is 29.9. The minimum atomic E-state index is -0.786. The van der Waals surface area contributed by atoms with Gasteiger partial charge < -0.3 is 9.64 Å². The second-order valence-electron chi connectivity index (χ2n) is 8.14. The van der Waals surface area contributed by atoms with Gasteiger partial charge in [0.15, 0.2) is 0 Å². The molecule has 1 aliphatic carbocycles. The molecule has 2 aliphatic heterocycles. The molecule has 1 aromatic carbocycles. The number of ether oxygens (including phenoxy) is 1. The average molecular weight is 374 g/mol. The molecule has 0 radical (unpaired) electrons. The number of benzene rings is 1. The number of amides is 2. The maximum Gasteiger partial charge on any atom is 0.259 e. The van der Waals surface area contributed by atoms with Gasteiger partial charge in [0, 0.05) is 13.1 Å². The van der Waals surface area contributed by atoms with Crippen molar-refractivity contribution in [3.63, 3.8) is 0 Å². The highest BCUT2D eigenvalue weighted by Crippen LogP contribution is 2.43. The molecule has 4 rings (SSSR count). The Labute approximate surface area is 159 Å². The predicted octanol–water partition coefficient (Wildman–Crippen LogP) is 3.20. The fourth-order valence-corrected chi connectivity index (χ4v) is 4.68. The number of rotatable bonds is 2. The van der Waals surface area contributed by atoms with Crippen LogP contribution in [0.1, 0.15) is 55.8 Å². The van der Waals surface area contributed by atoms with E-state index in [1.54, 1.807) is 17.0 Å². The molecule has 3 fully saturated rings. The summed E-state index contributed by atoms with van der Waals surface area (Å²) in [6, 6.07) is 5.34. The molecule has 27 heavy (non-hydrogen) atoms. The van der Waals surface area contributed by atoms with E-state index in [9.17, 15) is 14.0 Å². The third-order valence-electron chi connectivity index (χ3n) is 6.34. The molecule has 5 nitrogen and oxygen atoms in total. The van der Waals surface area contributed by atoms with Crippen LogP contribution in [0.3, 0.4) is 0 Å². The Morgan fingerprint density at radius 1 is 1.15 bits per heavy atom. The molecule has 1 aromatic rings. The molecule has 0 unspecified atom stereocenters. The van der Waals surface area contributed by atoms with Gasteiger partial charge in [-0.2, -0.15) is 0 Å². The zero-order chi connectivity index (χ0) is 19.0. The number of likely N-dealkylation sites (tertiary alicyclic amines) is 1. The standard InChI is InChI=1S/C21H27FN2O3/c1-15-8-10-21(11-9-15)24(19(25)16-6-2-3-7-17(16)22)18(14-27-21)20(26)23-12-4-5-13-23/h2-3,6-7,15,18H,4-5,8-14H2,1H3/t15?,18-,21?/m0/s1. The highest BCUT2D eigenvalue weighted by molar-refractivity contribution is 5.98. The van der Waals surface area contributed by atoms with Gasteiger partial charge in [0.25, 0.3) is 5.91 Å². The molecule has 0 N–H and O–H groups in total. The van der Waals surface area contributed by atoms with E-state index in [0.717, 1.165) is 38.8 Å². The summed E-state index contributed by atoms with van der Waals surface area (Å²) in [5.74, 6) is -0.482. The third-order valence-corrected chi connectivity index (χ3v) is 6.34. The molecular formula is C21H27FN2O3. The molecule has 0 bridgehead atoms. The van der Waals surface area contributed by atoms with Crippen molar-refractivity contribution in [3.05, 3.63) is 35.6 Å². The minimum absolute atomic E-state index is 0.0141. The van der Waals surface area contributed by atoms with Crippen molar-refractivity contribution in [3.8, 4) is 0 Å². The lowest BCUT2D eigenvalue weighted by atomic mass is 9.83. The van der Waals surface area contributed by atoms with E-state index < -0.39 is 23.5 Å². The predicted molar refractivity (Wildman–Crippen MR) is 98.5 cm³/mol. The number of nitrogens with zero attached hydrogens (tertiary/aromatic N) is 2. The molecule has 6 heteroatoms. The van der Waals surface area contributed by atoms with Crippen molar-refractivity contribution in [1.29, 1.82) is 0 Å². The summed E-state index contributed by atoms with van der Waals surface area (Å²) in [6.45, 7) is 3.84. The third kappa shape index (κ3) is 3.24. The first-order chi connectivity index (χ1) is 13.0. The molecule has 2 heterocycles. The van der Waals surface area contributed by atoms with Crippen LogP contribution < -0.4 is 0 Å². The van der Waals surface area contributed by atoms with Crippen molar-refractivity contribution in [1.82, 2.24) is 9.80 Å². The van der Waals surface area contributed by atoms with Gasteiger partial charge in [0.1, 0.15) is 17.6 Å². The topological polar surface area (TPSA) is 49.9 Å². The van der Waals surface area contributed by atoms with Crippen molar-refractivity contribution >= 4 is 11.8 Å². The van der Waals surface area contributed by atoms with Gasteiger partial charge in [-0.3, -0.25) is 14.5 Å². The lowest BCUT2D eigenvalue weighted by molar-refractivity contribution is -0.136. The summed E-state index contributed by atoms with van der Waals surface area (Å²) in [5, 5.41) is 0. The quantitative estimate of drug-likeness (QED) is 0.799. The lowest BCUT2D eigenvalue weighted by Gasteiger charge is -2.43. The smallest absolute Gasteiger partial charge is 0.259 e. The van der Waals surface area contributed by atoms with E-state index in [1.807, 2.05) is 4.90 Å². The summed E-state index contributed by atoms with van der Waals surface area (Å²) in [5.41, 5.74) is -0.772. The van der Waals surface area contributed by atoms with Gasteiger partial charge >= 0.3 is 0 Å². The number of carbonyl (C=O) groups is 2. The Morgan fingerprint density at radius 3 is 2.48 bits per heavy atom. The zero-order valence-electron chi connectivity index (χ0n) is 15.8. The largest absolute Gasteiger partial charge is 0.353 e. The Kier molecular flexibility index (Phi) is 4.93. The summed E-state index contributed by atoms with van der Waals surface area (Å²) in [6.07, 6.45) is 5.24. The normalized spacial score (nSPS) is 30.9. The van der Waals surface area contributed by atoms with Crippen molar-refractivity contribution in [2.45, 2.75) is 57.2 Å². The first-order valence-electron chi connectivity index (χ1n) is 10.0. The van der Waals surface area contributed by atoms with E-state index in [1.165, 1.54) is 12.1 Å². The molecule has 1 atom stereocenters. The Morgan fingerprint density at radius 2 is 1.81 bits per heavy atom. The van der Waals surface area contributed by atoms with Crippen LogP contribution in [-0.4, -0.2) is 53.1 Å². The Bertz CT molecular complexity index is 724. The monoisotopic (exact) mass is 374 g/mol. The number of hydrogen-bond donors (Lipinski definition) is 0. The van der Waals surface area contributed by atoms with Crippen LogP contribution in [0.5, 0.6) is 0 Å². The average Bonchev–Trinajstić information content (AvgIpc) is 3.32. The van der Waals surface area contributed by atoms with Gasteiger partial charge in [0.2, 0.25) is 5.91 Å². The van der Waals surface area contributed by atoms with Crippen LogP contribution >= 0.6 is 0 Å². The number of hydrogen-bond acceptors (Lipinski definition) is 3. The first kappa shape index (κ1) is 18.4. The van der Waals surface area contributed by atoms with E-state index in [4.69, 9.17) is 4.74 Å². The SMILES string of the molecule is CC1CCC2(CC1)OC[C@@H](C(=O)N1CCCC1)N2C(=O)c1ccccc1F. The van der Waals surface area contributed by atoms with Crippen LogP contribution in [0.4, 0.5) is 4.39 Å². The zero-order valence-corrected chi connectivity index (χ0v) is 15.8. The molecule has 1 saturated carbocycles. The molecule has 2 amide bonds. The van der Waals surface area contributed by atoms with Crippen molar-refractivity contribution < 1.29 is 18.7 Å². The molecule has 3 aliphatic rings. The van der Waals surface area contributed by atoms with E-state index in [-0.39, 0.29) is 18.1 Å². The van der Waals surface area contributed by atoms with Gasteiger partial charge in [-0.25, -0.2) is 4.39 Å². The maximum absolute atomic E-state index is 14.4. The molecule has 1 spiro atoms. The van der Waals surface area contributed by atoms with Crippen LogP contribution in [0, 0.1) is 11.7 Å². The summed E-state index contributed by atoms with van der Waals surface area (Å²) < 4.78 is 20.5. The number of carbonyl (C=O) groups excluding carboxylic acids is 2. The molecular weight excluding hydrogens is 347 g/mol. The fraction of sp³-hybridized carbons (Fsp3) is 0.619. The van der Waals surface area contributed by atoms with Crippen LogP contribution in [0.15, 0.2) is 24.3 Å². The molecule has 2 saturated heterocycles. The minimum Gasteiger partial charge on any atom is -0.353 e. The lowest BCUT2D eigenvalue weighted by Crippen LogP contribution is -2.57. The fourth-order valence-electron chi connectivity index (χ4n) is 4.68. The van der Waals surface area contributed by atoms with Gasteiger partial charge in [-0.1, -0.05) is 19.1 Å². The van der Waals surface area contributed by atoms with Crippen LogP contribution in [0.2, 0.25) is 0 Å². The van der Waals surface area contributed by atoms with Crippen LogP contribution in [0.25, 0.3) is 0 Å². The summed E-state index contributed by atoms with van der Waals surface area (Å²) >= 11 is 0. The highest BCUT2D eigenvalue weighted by Gasteiger charge is 2.54. The second kappa shape index (κ2) is 7.23. The van der Waals surface area contributed by atoms with Gasteiger partial charge in [0.05, 0.1) is 12.2 Å². The van der Waals surface area contributed by atoms with Crippen LogP contribution in [-0.2, 0) is 9.53 Å². The van der Waals surface area contributed by atoms with E-state index >= 15 is 0 Å². The molecule has 146 valence electrons. The van der Waals surface area contributed by atoms with Gasteiger partial charge in [-0.15, -0.1) is 0 Å². The van der Waals surface area contributed by atoms with Crippen molar-refractivity contribution in [2.75, 3.05) is 19.7 Å². The highest BCUT2D eigenvalue weighted by atomic mass is 19.1. The Hall–Kier alpha value is -1.95. The second-order valence-corrected chi connectivity index (χ2v) is 8.14. The van der Waals surface area contributed by atoms with E-state index in [0.29, 0.717) is 18.8 Å². The maximum atomic E-state index is 14.4. The first-order valence-corrected chi connectivity index (χ1v) is 10.0. The Balaban J connectivity index is 1.68. The number of halogens is 1. The molecule has 0 aromatic heterocycles. The van der Waals surface area contributed by atoms with E-state index in [2.05, 4.69) is 6.92 Å².